The zero-order valence-electron chi connectivity index (χ0n) is 18.2. The van der Waals surface area contributed by atoms with Gasteiger partial charge < -0.3 is 15.3 Å². The number of thiophene rings is 1. The number of aliphatic carboxylic acids is 1. The molecule has 6 heteroatoms. The van der Waals surface area contributed by atoms with E-state index >= 15 is 0 Å². The van der Waals surface area contributed by atoms with Gasteiger partial charge in [0.1, 0.15) is 5.78 Å². The second kappa shape index (κ2) is 11.4. The van der Waals surface area contributed by atoms with Crippen LogP contribution in [0.4, 0.5) is 0 Å². The number of aliphatic hydroxyl groups excluding tert-OH is 2. The summed E-state index contributed by atoms with van der Waals surface area (Å²) in [6.07, 6.45) is 12.1. The van der Waals surface area contributed by atoms with Gasteiger partial charge in [-0.3, -0.25) is 9.59 Å². The third kappa shape index (κ3) is 6.50. The van der Waals surface area contributed by atoms with Crippen LogP contribution >= 0.6 is 11.3 Å². The molecule has 0 amide bonds. The van der Waals surface area contributed by atoms with Crippen LogP contribution in [-0.2, 0) is 16.0 Å². The van der Waals surface area contributed by atoms with Crippen LogP contribution in [0.5, 0.6) is 0 Å². The van der Waals surface area contributed by atoms with Crippen molar-refractivity contribution < 1.29 is 24.9 Å². The molecule has 2 fully saturated rings. The lowest BCUT2D eigenvalue weighted by Crippen LogP contribution is -2.42. The lowest BCUT2D eigenvalue weighted by Gasteiger charge is -2.45. The van der Waals surface area contributed by atoms with E-state index in [9.17, 15) is 19.8 Å². The molecule has 0 radical (unpaired) electrons. The molecule has 4 atom stereocenters. The number of unbranched alkanes of at least 4 members (excludes halogenated alkanes) is 3. The third-order valence-corrected chi connectivity index (χ3v) is 8.15. The molecular weight excluding hydrogens is 412 g/mol. The summed E-state index contributed by atoms with van der Waals surface area (Å²) in [5.41, 5.74) is -0.0331. The molecule has 1 unspecified atom stereocenters. The van der Waals surface area contributed by atoms with Gasteiger partial charge >= 0.3 is 5.97 Å². The van der Waals surface area contributed by atoms with Crippen LogP contribution in [0.3, 0.4) is 0 Å². The molecule has 5 nitrogen and oxygen atoms in total. The number of Topliss-reactive ketones (excluding diaryl/α,β-unsaturated/α-hetero) is 1. The number of ketones is 1. The van der Waals surface area contributed by atoms with Crippen LogP contribution in [0.2, 0.25) is 0 Å². The highest BCUT2D eigenvalue weighted by atomic mass is 32.1. The molecule has 0 bridgehead atoms. The Morgan fingerprint density at radius 3 is 2.68 bits per heavy atom. The van der Waals surface area contributed by atoms with Gasteiger partial charge in [-0.2, -0.15) is 0 Å². The van der Waals surface area contributed by atoms with Crippen molar-refractivity contribution in [2.75, 3.05) is 0 Å². The summed E-state index contributed by atoms with van der Waals surface area (Å²) in [7, 11) is 0. The Labute approximate surface area is 189 Å². The van der Waals surface area contributed by atoms with Gasteiger partial charge in [-0.25, -0.2) is 0 Å². The first-order valence-corrected chi connectivity index (χ1v) is 12.6. The first kappa shape index (κ1) is 24.1. The van der Waals surface area contributed by atoms with Crippen molar-refractivity contribution in [3.05, 3.63) is 34.5 Å². The largest absolute Gasteiger partial charge is 0.481 e. The fourth-order valence-corrected chi connectivity index (χ4v) is 6.08. The summed E-state index contributed by atoms with van der Waals surface area (Å²) in [6, 6.07) is 4.20. The van der Waals surface area contributed by atoms with Crippen molar-refractivity contribution in [3.8, 4) is 0 Å². The lowest BCUT2D eigenvalue weighted by molar-refractivity contribution is -0.137. The predicted octanol–water partition coefficient (Wildman–Crippen LogP) is 4.76. The number of carboxylic acid groups (broad SMARTS) is 1. The summed E-state index contributed by atoms with van der Waals surface area (Å²) < 4.78 is 0. The number of carboxylic acids is 1. The quantitative estimate of drug-likeness (QED) is 0.299. The fourth-order valence-electron chi connectivity index (χ4n) is 5.22. The van der Waals surface area contributed by atoms with Crippen LogP contribution in [0.15, 0.2) is 29.7 Å². The van der Waals surface area contributed by atoms with Gasteiger partial charge in [0.05, 0.1) is 12.2 Å². The first-order chi connectivity index (χ1) is 14.9. The summed E-state index contributed by atoms with van der Waals surface area (Å²) in [5, 5.41) is 32.1. The average molecular weight is 449 g/mol. The maximum Gasteiger partial charge on any atom is 0.303 e. The molecule has 3 rings (SSSR count). The highest BCUT2D eigenvalue weighted by Gasteiger charge is 2.43. The molecule has 31 heavy (non-hydrogen) atoms. The van der Waals surface area contributed by atoms with Gasteiger partial charge in [-0.15, -0.1) is 11.3 Å². The van der Waals surface area contributed by atoms with Crippen molar-refractivity contribution in [3.63, 3.8) is 0 Å². The molecule has 0 aromatic carbocycles. The zero-order valence-corrected chi connectivity index (χ0v) is 19.1. The van der Waals surface area contributed by atoms with Crippen molar-refractivity contribution in [1.82, 2.24) is 0 Å². The fraction of sp³-hybridized carbons (Fsp3) is 0.680. The second-order valence-electron chi connectivity index (χ2n) is 9.42. The number of carbonyl (C=O) groups is 2. The average Bonchev–Trinajstić information content (AvgIpc) is 3.29. The Hall–Kier alpha value is -1.50. The minimum absolute atomic E-state index is 0.0331. The van der Waals surface area contributed by atoms with Crippen molar-refractivity contribution in [2.45, 2.75) is 89.3 Å². The summed E-state index contributed by atoms with van der Waals surface area (Å²) in [5.74, 6) is -0.970. The molecular formula is C25H36O5S. The zero-order chi connectivity index (χ0) is 22.3. The molecule has 2 aliphatic carbocycles. The number of rotatable bonds is 13. The Bertz CT molecular complexity index is 737. The highest BCUT2D eigenvalue weighted by Crippen LogP contribution is 2.48. The Morgan fingerprint density at radius 1 is 1.26 bits per heavy atom. The second-order valence-corrected chi connectivity index (χ2v) is 10.5. The topological polar surface area (TPSA) is 94.8 Å². The first-order valence-electron chi connectivity index (χ1n) is 11.7. The SMILES string of the molecule is O=C(O)CCCCCC[C@H]1C(=O)C[C@@H](O)[C@@H]1/C=C/CC(O)C1(Cc2cccs2)CCC1. The van der Waals surface area contributed by atoms with E-state index in [4.69, 9.17) is 5.11 Å². The minimum atomic E-state index is -0.763. The molecule has 1 aromatic heterocycles. The number of carbonyl (C=O) groups excluding carboxylic acids is 1. The van der Waals surface area contributed by atoms with E-state index in [1.807, 2.05) is 12.2 Å². The summed E-state index contributed by atoms with van der Waals surface area (Å²) >= 11 is 1.75. The van der Waals surface area contributed by atoms with E-state index in [2.05, 4.69) is 17.5 Å². The monoisotopic (exact) mass is 448 g/mol. The van der Waals surface area contributed by atoms with Crippen molar-refractivity contribution >= 4 is 23.1 Å². The highest BCUT2D eigenvalue weighted by molar-refractivity contribution is 7.09. The molecule has 1 aromatic rings. The molecule has 0 aliphatic heterocycles. The van der Waals surface area contributed by atoms with Gasteiger partial charge in [-0.1, -0.05) is 43.9 Å². The van der Waals surface area contributed by atoms with Gasteiger partial charge in [0.2, 0.25) is 0 Å². The standard InChI is InChI=1S/C25H36O5S/c26-21-16-22(27)20(19(21)9-3-1-2-4-12-24(29)30)10-5-11-23(28)25(13-7-14-25)17-18-8-6-15-31-18/h5-6,8,10,15,19-20,22-23,27-28H,1-4,7,9,11-14,16-17H2,(H,29,30)/b10-5+/t19-,20-,22-,23?/m1/s1. The molecule has 0 saturated heterocycles. The predicted molar refractivity (Wildman–Crippen MR) is 122 cm³/mol. The molecule has 1 heterocycles. The van der Waals surface area contributed by atoms with E-state index < -0.39 is 18.2 Å². The van der Waals surface area contributed by atoms with Gasteiger partial charge in [0, 0.05) is 35.0 Å². The smallest absolute Gasteiger partial charge is 0.303 e. The molecule has 3 N–H and O–H groups in total. The van der Waals surface area contributed by atoms with Crippen LogP contribution in [0, 0.1) is 17.3 Å². The maximum atomic E-state index is 12.4. The Morgan fingerprint density at radius 2 is 2.03 bits per heavy atom. The third-order valence-electron chi connectivity index (χ3n) is 7.27. The van der Waals surface area contributed by atoms with Gasteiger partial charge in [-0.05, 0) is 50.0 Å². The van der Waals surface area contributed by atoms with Gasteiger partial charge in [0.25, 0.3) is 0 Å². The van der Waals surface area contributed by atoms with E-state index in [0.717, 1.165) is 51.4 Å². The summed E-state index contributed by atoms with van der Waals surface area (Å²) in [6.45, 7) is 0. The molecule has 0 spiro atoms. The maximum absolute atomic E-state index is 12.4. The van der Waals surface area contributed by atoms with E-state index in [1.54, 1.807) is 11.3 Å². The van der Waals surface area contributed by atoms with Crippen LogP contribution in [0.1, 0.15) is 75.5 Å². The minimum Gasteiger partial charge on any atom is -0.481 e. The number of hydrogen-bond acceptors (Lipinski definition) is 5. The normalized spacial score (nSPS) is 26.3. The lowest BCUT2D eigenvalue weighted by atomic mass is 9.62. The molecule has 172 valence electrons. The molecule has 2 aliphatic rings. The van der Waals surface area contributed by atoms with E-state index in [-0.39, 0.29) is 35.9 Å². The molecule has 2 saturated carbocycles. The van der Waals surface area contributed by atoms with Gasteiger partial charge in [0.15, 0.2) is 0 Å². The van der Waals surface area contributed by atoms with Crippen molar-refractivity contribution in [1.29, 1.82) is 0 Å². The summed E-state index contributed by atoms with van der Waals surface area (Å²) in [4.78, 5) is 24.3. The Balaban J connectivity index is 1.48. The van der Waals surface area contributed by atoms with Crippen LogP contribution in [-0.4, -0.2) is 39.3 Å². The van der Waals surface area contributed by atoms with E-state index in [0.29, 0.717) is 12.8 Å². The Kier molecular flexibility index (Phi) is 8.87. The number of aliphatic hydroxyl groups is 2. The van der Waals surface area contributed by atoms with Crippen LogP contribution in [0.25, 0.3) is 0 Å². The van der Waals surface area contributed by atoms with E-state index in [1.165, 1.54) is 4.88 Å². The van der Waals surface area contributed by atoms with Crippen molar-refractivity contribution in [2.24, 2.45) is 17.3 Å². The number of hydrogen-bond donors (Lipinski definition) is 3. The van der Waals surface area contributed by atoms with Crippen LogP contribution < -0.4 is 0 Å².